The number of benzene rings is 1. The van der Waals surface area contributed by atoms with Crippen molar-refractivity contribution in [3.8, 4) is 17.0 Å². The molecule has 1 aromatic carbocycles. The molecule has 1 unspecified atom stereocenters. The van der Waals surface area contributed by atoms with Crippen LogP contribution >= 0.6 is 0 Å². The molecule has 120 valence electrons. The second-order valence-corrected chi connectivity index (χ2v) is 5.61. The van der Waals surface area contributed by atoms with Gasteiger partial charge in [-0.05, 0) is 43.2 Å². The molecule has 0 bridgehead atoms. The lowest BCUT2D eigenvalue weighted by atomic mass is 10.0. The molecular formula is C18H20N2O3. The minimum atomic E-state index is -0.0806. The van der Waals surface area contributed by atoms with E-state index in [9.17, 15) is 9.90 Å². The van der Waals surface area contributed by atoms with Crippen molar-refractivity contribution in [2.75, 3.05) is 20.3 Å². The van der Waals surface area contributed by atoms with Gasteiger partial charge in [-0.3, -0.25) is 9.78 Å². The molecule has 5 nitrogen and oxygen atoms in total. The van der Waals surface area contributed by atoms with Crippen molar-refractivity contribution >= 4 is 5.91 Å². The average Bonchev–Trinajstić information content (AvgIpc) is 3.10. The molecule has 1 aliphatic heterocycles. The van der Waals surface area contributed by atoms with Gasteiger partial charge in [0.25, 0.3) is 5.91 Å². The number of nitrogens with zero attached hydrogens (tertiary/aromatic N) is 2. The summed E-state index contributed by atoms with van der Waals surface area (Å²) in [6.45, 7) is 0.698. The molecule has 1 amide bonds. The maximum Gasteiger partial charge on any atom is 0.254 e. The smallest absolute Gasteiger partial charge is 0.254 e. The third-order valence-electron chi connectivity index (χ3n) is 4.24. The van der Waals surface area contributed by atoms with Gasteiger partial charge in [-0.15, -0.1) is 0 Å². The lowest BCUT2D eigenvalue weighted by Crippen LogP contribution is -2.37. The van der Waals surface area contributed by atoms with Gasteiger partial charge in [0.05, 0.1) is 25.5 Å². The van der Waals surface area contributed by atoms with E-state index in [4.69, 9.17) is 4.74 Å². The molecule has 23 heavy (non-hydrogen) atoms. The summed E-state index contributed by atoms with van der Waals surface area (Å²) in [4.78, 5) is 18.8. The number of hydrogen-bond acceptors (Lipinski definition) is 4. The van der Waals surface area contributed by atoms with E-state index in [-0.39, 0.29) is 18.6 Å². The summed E-state index contributed by atoms with van der Waals surface area (Å²) < 4.78 is 5.40. The molecule has 1 aromatic heterocycles. The lowest BCUT2D eigenvalue weighted by molar-refractivity contribution is 0.0677. The Morgan fingerprint density at radius 2 is 2.26 bits per heavy atom. The van der Waals surface area contributed by atoms with E-state index < -0.39 is 0 Å². The minimum Gasteiger partial charge on any atom is -0.496 e. The summed E-state index contributed by atoms with van der Waals surface area (Å²) in [6.07, 6.45) is 3.50. The fraction of sp³-hybridized carbons (Fsp3) is 0.333. The fourth-order valence-corrected chi connectivity index (χ4v) is 3.02. The molecule has 5 heteroatoms. The zero-order valence-electron chi connectivity index (χ0n) is 13.1. The van der Waals surface area contributed by atoms with E-state index in [0.29, 0.717) is 17.9 Å². The van der Waals surface area contributed by atoms with Crippen LogP contribution in [0.15, 0.2) is 42.6 Å². The first-order chi connectivity index (χ1) is 11.2. The van der Waals surface area contributed by atoms with Crippen LogP contribution in [-0.4, -0.2) is 47.2 Å². The standard InChI is InChI=1S/C18H20N2O3/c1-23-17-8-7-13(11-15(17)16-6-2-3-9-19-16)18(22)20-10-4-5-14(20)12-21/h2-3,6-9,11,14,21H,4-5,10,12H2,1H3. The largest absolute Gasteiger partial charge is 0.496 e. The third-order valence-corrected chi connectivity index (χ3v) is 4.24. The lowest BCUT2D eigenvalue weighted by Gasteiger charge is -2.23. The molecule has 1 atom stereocenters. The Morgan fingerprint density at radius 3 is 2.96 bits per heavy atom. The van der Waals surface area contributed by atoms with E-state index in [1.54, 1.807) is 30.3 Å². The number of likely N-dealkylation sites (tertiary alicyclic amines) is 1. The topological polar surface area (TPSA) is 62.7 Å². The number of aliphatic hydroxyl groups excluding tert-OH is 1. The van der Waals surface area contributed by atoms with Gasteiger partial charge in [0.15, 0.2) is 0 Å². The molecule has 1 N–H and O–H groups in total. The van der Waals surface area contributed by atoms with Crippen LogP contribution in [0, 0.1) is 0 Å². The summed E-state index contributed by atoms with van der Waals surface area (Å²) in [5.74, 6) is 0.627. The first-order valence-electron chi connectivity index (χ1n) is 7.76. The van der Waals surface area contributed by atoms with E-state index in [2.05, 4.69) is 4.98 Å². The van der Waals surface area contributed by atoms with Crippen LogP contribution in [0.5, 0.6) is 5.75 Å². The Labute approximate surface area is 135 Å². The molecule has 1 fully saturated rings. The van der Waals surface area contributed by atoms with Crippen LogP contribution in [0.3, 0.4) is 0 Å². The van der Waals surface area contributed by atoms with E-state index in [1.165, 1.54) is 0 Å². The monoisotopic (exact) mass is 312 g/mol. The molecule has 3 rings (SSSR count). The van der Waals surface area contributed by atoms with Crippen LogP contribution in [0.2, 0.25) is 0 Å². The predicted octanol–water partition coefficient (Wildman–Crippen LogP) is 2.35. The Kier molecular flexibility index (Phi) is 4.57. The Morgan fingerprint density at radius 1 is 1.39 bits per heavy atom. The van der Waals surface area contributed by atoms with Crippen molar-refractivity contribution in [2.24, 2.45) is 0 Å². The maximum atomic E-state index is 12.8. The van der Waals surface area contributed by atoms with Gasteiger partial charge >= 0.3 is 0 Å². The van der Waals surface area contributed by atoms with Gasteiger partial charge < -0.3 is 14.7 Å². The van der Waals surface area contributed by atoms with Crippen LogP contribution in [0.1, 0.15) is 23.2 Å². The Bertz CT molecular complexity index is 688. The van der Waals surface area contributed by atoms with Gasteiger partial charge in [0, 0.05) is 23.9 Å². The highest BCUT2D eigenvalue weighted by molar-refractivity contribution is 5.96. The second kappa shape index (κ2) is 6.79. The number of methoxy groups -OCH3 is 1. The highest BCUT2D eigenvalue weighted by Gasteiger charge is 2.29. The highest BCUT2D eigenvalue weighted by Crippen LogP contribution is 2.30. The number of ether oxygens (including phenoxy) is 1. The first kappa shape index (κ1) is 15.5. The van der Waals surface area contributed by atoms with Gasteiger partial charge in [0.1, 0.15) is 5.75 Å². The van der Waals surface area contributed by atoms with Gasteiger partial charge in [-0.2, -0.15) is 0 Å². The minimum absolute atomic E-state index is 0.00892. The SMILES string of the molecule is COc1ccc(C(=O)N2CCCC2CO)cc1-c1ccccn1. The van der Waals surface area contributed by atoms with Crippen LogP contribution in [-0.2, 0) is 0 Å². The molecule has 0 saturated carbocycles. The van der Waals surface area contributed by atoms with Crippen molar-refractivity contribution in [2.45, 2.75) is 18.9 Å². The number of carbonyl (C=O) groups excluding carboxylic acids is 1. The number of aromatic nitrogens is 1. The highest BCUT2D eigenvalue weighted by atomic mass is 16.5. The number of carbonyl (C=O) groups is 1. The summed E-state index contributed by atoms with van der Waals surface area (Å²) >= 11 is 0. The quantitative estimate of drug-likeness (QED) is 0.941. The predicted molar refractivity (Wildman–Crippen MR) is 87.4 cm³/mol. The number of amides is 1. The van der Waals surface area contributed by atoms with Gasteiger partial charge in [0.2, 0.25) is 0 Å². The molecule has 0 aliphatic carbocycles. The van der Waals surface area contributed by atoms with E-state index in [1.807, 2.05) is 24.3 Å². The number of aliphatic hydroxyl groups is 1. The van der Waals surface area contributed by atoms with Crippen molar-refractivity contribution in [3.63, 3.8) is 0 Å². The maximum absolute atomic E-state index is 12.8. The summed E-state index contributed by atoms with van der Waals surface area (Å²) in [5.41, 5.74) is 2.14. The molecular weight excluding hydrogens is 292 g/mol. The first-order valence-corrected chi connectivity index (χ1v) is 7.76. The van der Waals surface area contributed by atoms with Crippen molar-refractivity contribution in [1.82, 2.24) is 9.88 Å². The summed E-state index contributed by atoms with van der Waals surface area (Å²) in [7, 11) is 1.60. The van der Waals surface area contributed by atoms with Crippen LogP contribution < -0.4 is 4.74 Å². The molecule has 0 radical (unpaired) electrons. The zero-order chi connectivity index (χ0) is 16.2. The molecule has 2 heterocycles. The Hall–Kier alpha value is -2.40. The van der Waals surface area contributed by atoms with Crippen molar-refractivity contribution < 1.29 is 14.6 Å². The zero-order valence-corrected chi connectivity index (χ0v) is 13.1. The Balaban J connectivity index is 1.96. The summed E-state index contributed by atoms with van der Waals surface area (Å²) in [6, 6.07) is 10.9. The molecule has 2 aromatic rings. The number of rotatable bonds is 4. The van der Waals surface area contributed by atoms with Crippen molar-refractivity contribution in [1.29, 1.82) is 0 Å². The summed E-state index contributed by atoms with van der Waals surface area (Å²) in [5, 5.41) is 9.42. The average molecular weight is 312 g/mol. The van der Waals surface area contributed by atoms with Crippen LogP contribution in [0.25, 0.3) is 11.3 Å². The van der Waals surface area contributed by atoms with Crippen LogP contribution in [0.4, 0.5) is 0 Å². The normalized spacial score (nSPS) is 17.3. The number of pyridine rings is 1. The van der Waals surface area contributed by atoms with E-state index >= 15 is 0 Å². The molecule has 1 saturated heterocycles. The van der Waals surface area contributed by atoms with Crippen molar-refractivity contribution in [3.05, 3.63) is 48.2 Å². The van der Waals surface area contributed by atoms with E-state index in [0.717, 1.165) is 24.1 Å². The van der Waals surface area contributed by atoms with Gasteiger partial charge in [-0.1, -0.05) is 6.07 Å². The third kappa shape index (κ3) is 3.05. The molecule has 1 aliphatic rings. The molecule has 0 spiro atoms. The fourth-order valence-electron chi connectivity index (χ4n) is 3.02. The second-order valence-electron chi connectivity index (χ2n) is 5.61. The number of hydrogen-bond donors (Lipinski definition) is 1. The van der Waals surface area contributed by atoms with Gasteiger partial charge in [-0.25, -0.2) is 0 Å².